The fourth-order valence-electron chi connectivity index (χ4n) is 2.98. The van der Waals surface area contributed by atoms with E-state index in [9.17, 15) is 0 Å². The maximum Gasteiger partial charge on any atom is 0.191 e. The molecule has 0 N–H and O–H groups in total. The highest BCUT2D eigenvalue weighted by Crippen LogP contribution is 2.36. The van der Waals surface area contributed by atoms with Crippen LogP contribution in [0.25, 0.3) is 0 Å². The standard InChI is InChI=1S/C23H50OSi/c1-8-9-10-11-12-13-14-15-16-17-18-19-20-22(2)21-24-25(6,7)23(3,4)5/h22H,8-21H2,1-7H3. The zero-order chi connectivity index (χ0) is 19.2. The van der Waals surface area contributed by atoms with E-state index in [0.29, 0.717) is 5.04 Å². The van der Waals surface area contributed by atoms with Gasteiger partial charge in [-0.25, -0.2) is 0 Å². The number of unbranched alkanes of at least 4 members (excludes halogenated alkanes) is 11. The molecule has 0 spiro atoms. The van der Waals surface area contributed by atoms with Gasteiger partial charge in [0.2, 0.25) is 0 Å². The van der Waals surface area contributed by atoms with Crippen molar-refractivity contribution in [3.8, 4) is 0 Å². The molecule has 1 unspecified atom stereocenters. The van der Waals surface area contributed by atoms with Gasteiger partial charge in [0.05, 0.1) is 0 Å². The van der Waals surface area contributed by atoms with Gasteiger partial charge in [0.25, 0.3) is 0 Å². The van der Waals surface area contributed by atoms with Gasteiger partial charge < -0.3 is 4.43 Å². The first-order valence-electron chi connectivity index (χ1n) is 11.3. The van der Waals surface area contributed by atoms with Gasteiger partial charge in [-0.05, 0) is 30.5 Å². The molecule has 0 aliphatic rings. The summed E-state index contributed by atoms with van der Waals surface area (Å²) in [5.41, 5.74) is 0. The largest absolute Gasteiger partial charge is 0.417 e. The Kier molecular flexibility index (Phi) is 14.4. The van der Waals surface area contributed by atoms with E-state index in [1.165, 1.54) is 83.5 Å². The van der Waals surface area contributed by atoms with Crippen molar-refractivity contribution in [1.29, 1.82) is 0 Å². The van der Waals surface area contributed by atoms with Gasteiger partial charge >= 0.3 is 0 Å². The van der Waals surface area contributed by atoms with Crippen LogP contribution in [-0.4, -0.2) is 14.9 Å². The lowest BCUT2D eigenvalue weighted by atomic mass is 10.0. The van der Waals surface area contributed by atoms with E-state index in [-0.39, 0.29) is 0 Å². The van der Waals surface area contributed by atoms with Gasteiger partial charge in [-0.15, -0.1) is 0 Å². The molecule has 0 rings (SSSR count). The van der Waals surface area contributed by atoms with E-state index in [1.807, 2.05) is 0 Å². The summed E-state index contributed by atoms with van der Waals surface area (Å²) in [5.74, 6) is 0.720. The van der Waals surface area contributed by atoms with Crippen molar-refractivity contribution >= 4 is 8.32 Å². The van der Waals surface area contributed by atoms with Gasteiger partial charge in [0, 0.05) is 6.61 Å². The first kappa shape index (κ1) is 25.2. The molecule has 0 saturated heterocycles. The molecular weight excluding hydrogens is 320 g/mol. The molecule has 0 fully saturated rings. The van der Waals surface area contributed by atoms with E-state index in [2.05, 4.69) is 47.7 Å². The minimum absolute atomic E-state index is 0.336. The van der Waals surface area contributed by atoms with E-state index in [1.54, 1.807) is 0 Å². The molecule has 0 radical (unpaired) electrons. The number of hydrogen-bond acceptors (Lipinski definition) is 1. The van der Waals surface area contributed by atoms with E-state index in [0.717, 1.165) is 12.5 Å². The van der Waals surface area contributed by atoms with Crippen molar-refractivity contribution in [1.82, 2.24) is 0 Å². The van der Waals surface area contributed by atoms with Gasteiger partial charge in [-0.1, -0.05) is 112 Å². The minimum atomic E-state index is -1.55. The Balaban J connectivity index is 3.42. The number of hydrogen-bond donors (Lipinski definition) is 0. The first-order chi connectivity index (χ1) is 11.7. The molecule has 1 atom stereocenters. The highest BCUT2D eigenvalue weighted by molar-refractivity contribution is 6.74. The van der Waals surface area contributed by atoms with Crippen LogP contribution < -0.4 is 0 Å². The predicted octanol–water partition coefficient (Wildman–Crippen LogP) is 8.74. The second kappa shape index (κ2) is 14.3. The summed E-state index contributed by atoms with van der Waals surface area (Å²) in [5, 5.41) is 0.336. The Morgan fingerprint density at radius 3 is 1.52 bits per heavy atom. The van der Waals surface area contributed by atoms with Crippen LogP contribution in [0.15, 0.2) is 0 Å². The summed E-state index contributed by atoms with van der Waals surface area (Å²) in [6, 6.07) is 0. The van der Waals surface area contributed by atoms with Crippen LogP contribution in [0.3, 0.4) is 0 Å². The van der Waals surface area contributed by atoms with Crippen molar-refractivity contribution < 1.29 is 4.43 Å². The van der Waals surface area contributed by atoms with Crippen LogP contribution in [0.2, 0.25) is 18.1 Å². The molecule has 0 amide bonds. The maximum absolute atomic E-state index is 6.35. The van der Waals surface area contributed by atoms with Gasteiger partial charge in [-0.2, -0.15) is 0 Å². The van der Waals surface area contributed by atoms with Gasteiger partial charge in [0.15, 0.2) is 8.32 Å². The lowest BCUT2D eigenvalue weighted by Crippen LogP contribution is -2.41. The smallest absolute Gasteiger partial charge is 0.191 e. The van der Waals surface area contributed by atoms with Crippen molar-refractivity contribution in [3.63, 3.8) is 0 Å². The molecular formula is C23H50OSi. The van der Waals surface area contributed by atoms with E-state index in [4.69, 9.17) is 4.43 Å². The molecule has 0 aromatic rings. The molecule has 0 aromatic heterocycles. The average molecular weight is 371 g/mol. The van der Waals surface area contributed by atoms with Crippen molar-refractivity contribution in [3.05, 3.63) is 0 Å². The molecule has 152 valence electrons. The second-order valence-electron chi connectivity index (χ2n) is 9.85. The molecule has 0 aliphatic carbocycles. The summed E-state index contributed by atoms with van der Waals surface area (Å²) in [6.45, 7) is 17.3. The molecule has 2 heteroatoms. The Labute approximate surface area is 161 Å². The summed E-state index contributed by atoms with van der Waals surface area (Å²) in [7, 11) is -1.55. The quantitative estimate of drug-likeness (QED) is 0.195. The van der Waals surface area contributed by atoms with Gasteiger partial charge in [-0.3, -0.25) is 0 Å². The first-order valence-corrected chi connectivity index (χ1v) is 14.3. The zero-order valence-corrected chi connectivity index (χ0v) is 19.9. The zero-order valence-electron chi connectivity index (χ0n) is 18.9. The summed E-state index contributed by atoms with van der Waals surface area (Å²) in [4.78, 5) is 0. The SMILES string of the molecule is CCCCCCCCCCCCCCC(C)CO[Si](C)(C)C(C)(C)C. The van der Waals surface area contributed by atoms with Crippen LogP contribution in [0.1, 0.15) is 118 Å². The molecule has 0 aromatic carbocycles. The third-order valence-electron chi connectivity index (χ3n) is 6.09. The summed E-state index contributed by atoms with van der Waals surface area (Å²) in [6.07, 6.45) is 18.6. The third-order valence-corrected chi connectivity index (χ3v) is 10.6. The highest BCUT2D eigenvalue weighted by atomic mass is 28.4. The summed E-state index contributed by atoms with van der Waals surface area (Å²) < 4.78 is 6.35. The van der Waals surface area contributed by atoms with Crippen molar-refractivity contribution in [2.75, 3.05) is 6.61 Å². The Bertz CT molecular complexity index is 293. The van der Waals surface area contributed by atoms with Crippen LogP contribution in [0, 0.1) is 5.92 Å². The monoisotopic (exact) mass is 370 g/mol. The molecule has 0 saturated carbocycles. The molecule has 0 heterocycles. The second-order valence-corrected chi connectivity index (χ2v) is 14.7. The Morgan fingerprint density at radius 1 is 0.720 bits per heavy atom. The molecule has 0 bridgehead atoms. The fraction of sp³-hybridized carbons (Fsp3) is 1.00. The molecule has 0 aliphatic heterocycles. The topological polar surface area (TPSA) is 9.23 Å². The van der Waals surface area contributed by atoms with E-state index < -0.39 is 8.32 Å². The van der Waals surface area contributed by atoms with Crippen LogP contribution in [-0.2, 0) is 4.43 Å². The van der Waals surface area contributed by atoms with Crippen molar-refractivity contribution in [2.24, 2.45) is 5.92 Å². The van der Waals surface area contributed by atoms with Gasteiger partial charge in [0.1, 0.15) is 0 Å². The molecule has 25 heavy (non-hydrogen) atoms. The number of rotatable bonds is 16. The minimum Gasteiger partial charge on any atom is -0.417 e. The lowest BCUT2D eigenvalue weighted by molar-refractivity contribution is 0.228. The van der Waals surface area contributed by atoms with Crippen LogP contribution in [0.4, 0.5) is 0 Å². The Morgan fingerprint density at radius 2 is 1.12 bits per heavy atom. The summed E-state index contributed by atoms with van der Waals surface area (Å²) >= 11 is 0. The van der Waals surface area contributed by atoms with E-state index >= 15 is 0 Å². The normalized spacial score (nSPS) is 14.0. The highest BCUT2D eigenvalue weighted by Gasteiger charge is 2.37. The fourth-order valence-corrected chi connectivity index (χ4v) is 4.12. The van der Waals surface area contributed by atoms with Crippen LogP contribution >= 0.6 is 0 Å². The third kappa shape index (κ3) is 14.0. The average Bonchev–Trinajstić information content (AvgIpc) is 2.53. The molecule has 1 nitrogen and oxygen atoms in total. The lowest BCUT2D eigenvalue weighted by Gasteiger charge is -2.37. The Hall–Kier alpha value is 0.177. The van der Waals surface area contributed by atoms with Crippen LogP contribution in [0.5, 0.6) is 0 Å². The van der Waals surface area contributed by atoms with Crippen molar-refractivity contribution in [2.45, 2.75) is 136 Å². The predicted molar refractivity (Wildman–Crippen MR) is 118 cm³/mol. The maximum atomic E-state index is 6.35.